The van der Waals surface area contributed by atoms with Gasteiger partial charge in [-0.15, -0.1) is 0 Å². The maximum atomic E-state index is 13.2. The normalized spacial score (nSPS) is 11.0. The molecule has 7 heteroatoms. The van der Waals surface area contributed by atoms with Crippen molar-refractivity contribution in [3.63, 3.8) is 0 Å². The van der Waals surface area contributed by atoms with E-state index >= 15 is 0 Å². The number of esters is 1. The molecule has 6 nitrogen and oxygen atoms in total. The van der Waals surface area contributed by atoms with Crippen LogP contribution in [0.1, 0.15) is 23.1 Å². The van der Waals surface area contributed by atoms with E-state index in [0.29, 0.717) is 11.3 Å². The van der Waals surface area contributed by atoms with E-state index in [9.17, 15) is 9.18 Å². The first-order chi connectivity index (χ1) is 11.6. The fourth-order valence-electron chi connectivity index (χ4n) is 2.43. The molecule has 124 valence electrons. The van der Waals surface area contributed by atoms with Crippen LogP contribution >= 0.6 is 0 Å². The minimum absolute atomic E-state index is 0.137. The van der Waals surface area contributed by atoms with Gasteiger partial charge in [0.1, 0.15) is 12.1 Å². The molecule has 2 heterocycles. The molecule has 0 atom stereocenters. The summed E-state index contributed by atoms with van der Waals surface area (Å²) in [7, 11) is 1.56. The molecule has 0 saturated carbocycles. The lowest BCUT2D eigenvalue weighted by Gasteiger charge is -2.09. The fraction of sp³-hybridized carbons (Fsp3) is 0.235. The van der Waals surface area contributed by atoms with Crippen LogP contribution < -0.4 is 0 Å². The third-order valence-corrected chi connectivity index (χ3v) is 3.46. The highest BCUT2D eigenvalue weighted by atomic mass is 19.1. The number of hydrogen-bond donors (Lipinski definition) is 0. The van der Waals surface area contributed by atoms with Crippen LogP contribution in [0, 0.1) is 5.82 Å². The third kappa shape index (κ3) is 2.98. The quantitative estimate of drug-likeness (QED) is 0.674. The Morgan fingerprint density at radius 1 is 1.29 bits per heavy atom. The predicted octanol–water partition coefficient (Wildman–Crippen LogP) is 2.86. The summed E-state index contributed by atoms with van der Waals surface area (Å²) in [5, 5.41) is 0. The summed E-state index contributed by atoms with van der Waals surface area (Å²) in [6.07, 6.45) is 1.50. The average molecular weight is 329 g/mol. The second kappa shape index (κ2) is 6.76. The van der Waals surface area contributed by atoms with Gasteiger partial charge in [0.2, 0.25) is 0 Å². The maximum Gasteiger partial charge on any atom is 0.360 e. The highest BCUT2D eigenvalue weighted by Gasteiger charge is 2.19. The Labute approximate surface area is 137 Å². The number of carbonyl (C=O) groups excluding carboxylic acids is 1. The van der Waals surface area contributed by atoms with E-state index in [4.69, 9.17) is 9.47 Å². The zero-order valence-electron chi connectivity index (χ0n) is 13.3. The number of methoxy groups -OCH3 is 1. The van der Waals surface area contributed by atoms with Gasteiger partial charge in [-0.3, -0.25) is 4.40 Å². The van der Waals surface area contributed by atoms with E-state index in [-0.39, 0.29) is 24.7 Å². The van der Waals surface area contributed by atoms with Crippen LogP contribution in [0.4, 0.5) is 4.39 Å². The maximum absolute atomic E-state index is 13.2. The number of nitrogens with zero attached hydrogens (tertiary/aromatic N) is 3. The number of hydrogen-bond acceptors (Lipinski definition) is 5. The molecule has 3 rings (SSSR count). The first kappa shape index (κ1) is 16.1. The Morgan fingerprint density at radius 3 is 2.71 bits per heavy atom. The van der Waals surface area contributed by atoms with Crippen molar-refractivity contribution in [2.75, 3.05) is 13.7 Å². The van der Waals surface area contributed by atoms with Gasteiger partial charge in [0, 0.05) is 7.11 Å². The van der Waals surface area contributed by atoms with Gasteiger partial charge < -0.3 is 9.47 Å². The van der Waals surface area contributed by atoms with Gasteiger partial charge in [-0.2, -0.15) is 0 Å². The zero-order chi connectivity index (χ0) is 17.1. The standard InChI is InChI=1S/C17H16FN3O3/c1-3-24-17(22)15-16-20-13(9-23-2)8-14(21(16)10-19-15)11-4-6-12(18)7-5-11/h4-8,10H,3,9H2,1-2H3. The summed E-state index contributed by atoms with van der Waals surface area (Å²) in [5.41, 5.74) is 2.65. The molecule has 0 spiro atoms. The molecular formula is C17H16FN3O3. The molecule has 0 amide bonds. The van der Waals surface area contributed by atoms with Crippen LogP contribution in [0.5, 0.6) is 0 Å². The van der Waals surface area contributed by atoms with Crippen LogP contribution in [-0.4, -0.2) is 34.1 Å². The van der Waals surface area contributed by atoms with Crippen LogP contribution in [0.15, 0.2) is 36.7 Å². The van der Waals surface area contributed by atoms with Crippen molar-refractivity contribution in [1.82, 2.24) is 14.4 Å². The molecule has 0 aliphatic carbocycles. The molecule has 0 bridgehead atoms. The Kier molecular flexibility index (Phi) is 4.52. The molecular weight excluding hydrogens is 313 g/mol. The van der Waals surface area contributed by atoms with Gasteiger partial charge in [-0.1, -0.05) is 0 Å². The van der Waals surface area contributed by atoms with E-state index < -0.39 is 5.97 Å². The number of benzene rings is 1. The van der Waals surface area contributed by atoms with Gasteiger partial charge in [-0.25, -0.2) is 19.2 Å². The van der Waals surface area contributed by atoms with Gasteiger partial charge in [0.25, 0.3) is 0 Å². The monoisotopic (exact) mass is 329 g/mol. The van der Waals surface area contributed by atoms with Crippen LogP contribution in [0.3, 0.4) is 0 Å². The number of rotatable bonds is 5. The summed E-state index contributed by atoms with van der Waals surface area (Å²) >= 11 is 0. The number of ether oxygens (including phenoxy) is 2. The molecule has 0 aliphatic rings. The Morgan fingerprint density at radius 2 is 2.04 bits per heavy atom. The van der Waals surface area contributed by atoms with Crippen molar-refractivity contribution in [3.05, 3.63) is 53.9 Å². The lowest BCUT2D eigenvalue weighted by molar-refractivity contribution is 0.0522. The summed E-state index contributed by atoms with van der Waals surface area (Å²) in [5.74, 6) is -0.855. The Bertz CT molecular complexity index is 875. The fourth-order valence-corrected chi connectivity index (χ4v) is 2.43. The minimum atomic E-state index is -0.535. The van der Waals surface area contributed by atoms with E-state index in [2.05, 4.69) is 9.97 Å². The van der Waals surface area contributed by atoms with Gasteiger partial charge in [-0.05, 0) is 42.8 Å². The van der Waals surface area contributed by atoms with Gasteiger partial charge in [0.05, 0.1) is 24.6 Å². The topological polar surface area (TPSA) is 65.7 Å². The summed E-state index contributed by atoms with van der Waals surface area (Å²) < 4.78 is 25.0. The predicted molar refractivity (Wildman–Crippen MR) is 85.1 cm³/mol. The van der Waals surface area contributed by atoms with E-state index in [1.807, 2.05) is 6.07 Å². The van der Waals surface area contributed by atoms with Crippen LogP contribution in [-0.2, 0) is 16.1 Å². The lowest BCUT2D eigenvalue weighted by Crippen LogP contribution is -2.08. The van der Waals surface area contributed by atoms with Crippen molar-refractivity contribution in [2.45, 2.75) is 13.5 Å². The second-order valence-corrected chi connectivity index (χ2v) is 5.08. The van der Waals surface area contributed by atoms with E-state index in [1.165, 1.54) is 18.5 Å². The Hall–Kier alpha value is -2.80. The highest BCUT2D eigenvalue weighted by molar-refractivity contribution is 5.94. The molecule has 0 unspecified atom stereocenters. The van der Waals surface area contributed by atoms with Gasteiger partial charge in [0.15, 0.2) is 11.3 Å². The van der Waals surface area contributed by atoms with Crippen molar-refractivity contribution in [2.24, 2.45) is 0 Å². The third-order valence-electron chi connectivity index (χ3n) is 3.46. The van der Waals surface area contributed by atoms with Crippen LogP contribution in [0.25, 0.3) is 16.9 Å². The number of aromatic nitrogens is 3. The van der Waals surface area contributed by atoms with E-state index in [1.54, 1.807) is 30.6 Å². The number of carbonyl (C=O) groups is 1. The lowest BCUT2D eigenvalue weighted by atomic mass is 10.1. The van der Waals surface area contributed by atoms with Crippen LogP contribution in [0.2, 0.25) is 0 Å². The van der Waals surface area contributed by atoms with Crippen molar-refractivity contribution < 1.29 is 18.7 Å². The molecule has 0 aliphatic heterocycles. The highest BCUT2D eigenvalue weighted by Crippen LogP contribution is 2.23. The molecule has 0 radical (unpaired) electrons. The molecule has 0 N–H and O–H groups in total. The number of halogens is 1. The average Bonchev–Trinajstić information content (AvgIpc) is 2.99. The Balaban J connectivity index is 2.20. The zero-order valence-corrected chi connectivity index (χ0v) is 13.3. The first-order valence-corrected chi connectivity index (χ1v) is 7.43. The first-order valence-electron chi connectivity index (χ1n) is 7.43. The molecule has 24 heavy (non-hydrogen) atoms. The minimum Gasteiger partial charge on any atom is -0.461 e. The number of fused-ring (bicyclic) bond motifs is 1. The summed E-state index contributed by atoms with van der Waals surface area (Å²) in [6.45, 7) is 2.25. The summed E-state index contributed by atoms with van der Waals surface area (Å²) in [4.78, 5) is 20.6. The number of imidazole rings is 1. The summed E-state index contributed by atoms with van der Waals surface area (Å²) in [6, 6.07) is 7.89. The molecule has 0 fully saturated rings. The molecule has 2 aromatic heterocycles. The van der Waals surface area contributed by atoms with Gasteiger partial charge >= 0.3 is 5.97 Å². The molecule has 1 aromatic carbocycles. The molecule has 3 aromatic rings. The van der Waals surface area contributed by atoms with Crippen molar-refractivity contribution >= 4 is 11.6 Å². The smallest absolute Gasteiger partial charge is 0.360 e. The SMILES string of the molecule is CCOC(=O)c1ncn2c(-c3ccc(F)cc3)cc(COC)nc12. The van der Waals surface area contributed by atoms with Crippen molar-refractivity contribution in [3.8, 4) is 11.3 Å². The molecule has 0 saturated heterocycles. The van der Waals surface area contributed by atoms with E-state index in [0.717, 1.165) is 11.3 Å². The second-order valence-electron chi connectivity index (χ2n) is 5.08. The van der Waals surface area contributed by atoms with Crippen molar-refractivity contribution in [1.29, 1.82) is 0 Å². The largest absolute Gasteiger partial charge is 0.461 e.